The van der Waals surface area contributed by atoms with Crippen molar-refractivity contribution >= 4 is 5.91 Å². The van der Waals surface area contributed by atoms with E-state index in [-0.39, 0.29) is 5.92 Å². The van der Waals surface area contributed by atoms with Gasteiger partial charge in [-0.05, 0) is 24.8 Å². The number of aliphatic hydroxyl groups is 1. The first kappa shape index (κ1) is 14.8. The van der Waals surface area contributed by atoms with Gasteiger partial charge in [-0.3, -0.25) is 4.79 Å². The molecule has 0 aliphatic heterocycles. The van der Waals surface area contributed by atoms with Gasteiger partial charge in [0.2, 0.25) is 0 Å². The van der Waals surface area contributed by atoms with Crippen LogP contribution in [0.15, 0.2) is 24.3 Å². The van der Waals surface area contributed by atoms with Crippen LogP contribution in [0.1, 0.15) is 24.5 Å². The second-order valence-corrected chi connectivity index (χ2v) is 5.42. The Labute approximate surface area is 114 Å². The summed E-state index contributed by atoms with van der Waals surface area (Å²) in [6, 6.07) is 5.97. The summed E-state index contributed by atoms with van der Waals surface area (Å²) >= 11 is 0. The predicted octanol–water partition coefficient (Wildman–Crippen LogP) is 2.27. The molecule has 1 aliphatic rings. The van der Waals surface area contributed by atoms with Crippen molar-refractivity contribution in [3.05, 3.63) is 35.4 Å². The molecule has 1 aliphatic carbocycles. The van der Waals surface area contributed by atoms with Gasteiger partial charge in [0, 0.05) is 0 Å². The Morgan fingerprint density at radius 1 is 1.35 bits per heavy atom. The number of halogens is 3. The minimum atomic E-state index is -4.94. The number of rotatable bonds is 2. The fraction of sp³-hybridized carbons (Fsp3) is 0.500. The topological polar surface area (TPSA) is 49.3 Å². The number of carbonyl (C=O) groups excluding carboxylic acids is 1. The van der Waals surface area contributed by atoms with Crippen LogP contribution in [0.2, 0.25) is 0 Å². The van der Waals surface area contributed by atoms with Crippen molar-refractivity contribution in [2.45, 2.75) is 38.1 Å². The third-order valence-electron chi connectivity index (χ3n) is 3.81. The molecule has 3 atom stereocenters. The summed E-state index contributed by atoms with van der Waals surface area (Å²) in [5, 5.41) is 12.4. The first-order valence-electron chi connectivity index (χ1n) is 6.32. The summed E-state index contributed by atoms with van der Waals surface area (Å²) in [6.45, 7) is 3.57. The second kappa shape index (κ2) is 4.77. The first-order chi connectivity index (χ1) is 9.14. The van der Waals surface area contributed by atoms with Gasteiger partial charge >= 0.3 is 12.1 Å². The molecule has 1 aromatic rings. The predicted molar refractivity (Wildman–Crippen MR) is 66.8 cm³/mol. The van der Waals surface area contributed by atoms with Crippen molar-refractivity contribution in [3.63, 3.8) is 0 Å². The molecule has 2 N–H and O–H groups in total. The highest BCUT2D eigenvalue weighted by Crippen LogP contribution is 2.46. The number of hydrogen-bond donors (Lipinski definition) is 2. The molecule has 1 saturated carbocycles. The van der Waals surface area contributed by atoms with Crippen molar-refractivity contribution in [2.24, 2.45) is 5.92 Å². The maximum Gasteiger partial charge on any atom is 0.471 e. The van der Waals surface area contributed by atoms with E-state index in [1.54, 1.807) is 31.2 Å². The molecule has 0 radical (unpaired) electrons. The Kier molecular flexibility index (Phi) is 3.54. The summed E-state index contributed by atoms with van der Waals surface area (Å²) in [5.74, 6) is -2.23. The van der Waals surface area contributed by atoms with E-state index in [9.17, 15) is 23.1 Å². The molecule has 20 heavy (non-hydrogen) atoms. The Morgan fingerprint density at radius 2 is 1.90 bits per heavy atom. The fourth-order valence-corrected chi connectivity index (χ4v) is 2.67. The van der Waals surface area contributed by atoms with Gasteiger partial charge in [0.1, 0.15) is 5.60 Å². The van der Waals surface area contributed by atoms with Crippen molar-refractivity contribution in [2.75, 3.05) is 0 Å². The molecule has 0 bridgehead atoms. The molecule has 3 unspecified atom stereocenters. The van der Waals surface area contributed by atoms with E-state index in [0.717, 1.165) is 5.56 Å². The van der Waals surface area contributed by atoms with Crippen LogP contribution in [0.25, 0.3) is 0 Å². The van der Waals surface area contributed by atoms with Gasteiger partial charge in [0.05, 0.1) is 6.04 Å². The number of carbonyl (C=O) groups is 1. The van der Waals surface area contributed by atoms with Gasteiger partial charge in [-0.25, -0.2) is 0 Å². The van der Waals surface area contributed by atoms with Crippen LogP contribution in [0.5, 0.6) is 0 Å². The Morgan fingerprint density at radius 3 is 2.35 bits per heavy atom. The van der Waals surface area contributed by atoms with Gasteiger partial charge in [0.15, 0.2) is 0 Å². The highest BCUT2D eigenvalue weighted by Gasteiger charge is 2.54. The van der Waals surface area contributed by atoms with E-state index in [1.165, 1.54) is 0 Å². The van der Waals surface area contributed by atoms with Crippen LogP contribution in [-0.2, 0) is 10.4 Å². The smallest absolute Gasteiger partial charge is 0.383 e. The lowest BCUT2D eigenvalue weighted by molar-refractivity contribution is -0.183. The van der Waals surface area contributed by atoms with Gasteiger partial charge < -0.3 is 10.4 Å². The van der Waals surface area contributed by atoms with E-state index >= 15 is 0 Å². The fourth-order valence-electron chi connectivity index (χ4n) is 2.67. The van der Waals surface area contributed by atoms with E-state index < -0.39 is 23.7 Å². The molecular weight excluding hydrogens is 271 g/mol. The molecule has 0 spiro atoms. The maximum atomic E-state index is 12.3. The molecule has 2 rings (SSSR count). The Hall–Kier alpha value is -1.56. The van der Waals surface area contributed by atoms with E-state index in [2.05, 4.69) is 0 Å². The van der Waals surface area contributed by atoms with Crippen LogP contribution in [0.3, 0.4) is 0 Å². The van der Waals surface area contributed by atoms with Crippen LogP contribution in [-0.4, -0.2) is 23.2 Å². The van der Waals surface area contributed by atoms with E-state index in [4.69, 9.17) is 0 Å². The number of aryl methyl sites for hydroxylation is 1. The zero-order valence-corrected chi connectivity index (χ0v) is 11.2. The molecular formula is C14H16F3NO2. The number of benzene rings is 1. The lowest BCUT2D eigenvalue weighted by Gasteiger charge is -2.51. The van der Waals surface area contributed by atoms with Crippen LogP contribution < -0.4 is 5.32 Å². The summed E-state index contributed by atoms with van der Waals surface area (Å²) in [7, 11) is 0. The first-order valence-corrected chi connectivity index (χ1v) is 6.32. The lowest BCUT2D eigenvalue weighted by Crippen LogP contribution is -2.64. The average molecular weight is 287 g/mol. The van der Waals surface area contributed by atoms with Crippen molar-refractivity contribution < 1.29 is 23.1 Å². The van der Waals surface area contributed by atoms with Gasteiger partial charge in [0.25, 0.3) is 0 Å². The second-order valence-electron chi connectivity index (χ2n) is 5.42. The SMILES string of the molecule is Cc1ccc(C2(O)CC(C)C2NC(=O)C(F)(F)F)cc1. The molecule has 1 aromatic carbocycles. The highest BCUT2D eigenvalue weighted by atomic mass is 19.4. The maximum absolute atomic E-state index is 12.3. The number of hydrogen-bond acceptors (Lipinski definition) is 2. The third-order valence-corrected chi connectivity index (χ3v) is 3.81. The Balaban J connectivity index is 2.20. The largest absolute Gasteiger partial charge is 0.471 e. The number of amides is 1. The van der Waals surface area contributed by atoms with Crippen molar-refractivity contribution in [1.82, 2.24) is 5.32 Å². The van der Waals surface area contributed by atoms with Crippen molar-refractivity contribution in [3.8, 4) is 0 Å². The van der Waals surface area contributed by atoms with Gasteiger partial charge in [-0.15, -0.1) is 0 Å². The molecule has 6 heteroatoms. The summed E-state index contributed by atoms with van der Waals surface area (Å²) < 4.78 is 36.9. The number of alkyl halides is 3. The standard InChI is InChI=1S/C14H16F3NO2/c1-8-3-5-10(6-4-8)13(20)7-9(2)11(13)18-12(19)14(15,16)17/h3-6,9,11,20H,7H2,1-2H3,(H,18,19). The van der Waals surface area contributed by atoms with Gasteiger partial charge in [-0.1, -0.05) is 36.8 Å². The average Bonchev–Trinajstić information content (AvgIpc) is 2.35. The van der Waals surface area contributed by atoms with E-state index in [0.29, 0.717) is 12.0 Å². The summed E-state index contributed by atoms with van der Waals surface area (Å²) in [5.41, 5.74) is 0.0721. The molecule has 110 valence electrons. The quantitative estimate of drug-likeness (QED) is 0.876. The monoisotopic (exact) mass is 287 g/mol. The molecule has 0 aromatic heterocycles. The summed E-state index contributed by atoms with van der Waals surface area (Å²) in [6.07, 6.45) is -4.62. The van der Waals surface area contributed by atoms with Gasteiger partial charge in [-0.2, -0.15) is 13.2 Å². The molecule has 0 heterocycles. The Bertz CT molecular complexity index is 512. The van der Waals surface area contributed by atoms with Crippen LogP contribution in [0.4, 0.5) is 13.2 Å². The highest BCUT2D eigenvalue weighted by molar-refractivity contribution is 5.82. The zero-order chi connectivity index (χ0) is 15.1. The van der Waals surface area contributed by atoms with E-state index in [1.807, 2.05) is 12.2 Å². The van der Waals surface area contributed by atoms with Crippen molar-refractivity contribution in [1.29, 1.82) is 0 Å². The zero-order valence-electron chi connectivity index (χ0n) is 11.2. The molecule has 1 amide bonds. The van der Waals surface area contributed by atoms with Crippen LogP contribution >= 0.6 is 0 Å². The molecule has 1 fully saturated rings. The number of nitrogens with one attached hydrogen (secondary N) is 1. The summed E-state index contributed by atoms with van der Waals surface area (Å²) in [4.78, 5) is 11.0. The minimum absolute atomic E-state index is 0.215. The minimum Gasteiger partial charge on any atom is -0.383 e. The third kappa shape index (κ3) is 2.52. The normalized spacial score (nSPS) is 29.7. The molecule has 3 nitrogen and oxygen atoms in total. The lowest BCUT2D eigenvalue weighted by atomic mass is 9.63. The van der Waals surface area contributed by atoms with Crippen LogP contribution in [0, 0.1) is 12.8 Å². The molecule has 0 saturated heterocycles.